The summed E-state index contributed by atoms with van der Waals surface area (Å²) in [5.41, 5.74) is 2.01. The van der Waals surface area contributed by atoms with Crippen LogP contribution in [-0.4, -0.2) is 20.9 Å². The standard InChI is InChI=1S/C23H23ClN2O4S/c1-16-14-21(31(28,29)26-20-6-4-3-5-7-20)12-13-22(16)30-15-23(27)25-17(2)18-8-10-19(24)11-9-18/h3-14,17,26H,15H2,1-2H3,(H,25,27)/t17-/m1/s1. The van der Waals surface area contributed by atoms with Crippen molar-refractivity contribution in [1.29, 1.82) is 0 Å². The van der Waals surface area contributed by atoms with Crippen molar-refractivity contribution in [3.8, 4) is 5.75 Å². The van der Waals surface area contributed by atoms with Gasteiger partial charge in [-0.1, -0.05) is 41.9 Å². The lowest BCUT2D eigenvalue weighted by atomic mass is 10.1. The first-order valence-electron chi connectivity index (χ1n) is 9.61. The summed E-state index contributed by atoms with van der Waals surface area (Å²) in [6, 6.07) is 20.2. The summed E-state index contributed by atoms with van der Waals surface area (Å²) in [5, 5.41) is 3.49. The minimum Gasteiger partial charge on any atom is -0.484 e. The van der Waals surface area contributed by atoms with Crippen molar-refractivity contribution < 1.29 is 17.9 Å². The summed E-state index contributed by atoms with van der Waals surface area (Å²) in [6.07, 6.45) is 0. The van der Waals surface area contributed by atoms with Crippen LogP contribution in [0.25, 0.3) is 0 Å². The van der Waals surface area contributed by atoms with Crippen LogP contribution in [0.3, 0.4) is 0 Å². The molecule has 0 saturated carbocycles. The maximum Gasteiger partial charge on any atom is 0.261 e. The van der Waals surface area contributed by atoms with Crippen LogP contribution in [0.4, 0.5) is 5.69 Å². The van der Waals surface area contributed by atoms with Crippen LogP contribution in [0.2, 0.25) is 5.02 Å². The molecule has 6 nitrogen and oxygen atoms in total. The molecule has 3 aromatic rings. The molecule has 8 heteroatoms. The molecule has 0 aliphatic carbocycles. The smallest absolute Gasteiger partial charge is 0.261 e. The maximum absolute atomic E-state index is 12.6. The predicted octanol–water partition coefficient (Wildman–Crippen LogP) is 4.71. The van der Waals surface area contributed by atoms with Crippen LogP contribution < -0.4 is 14.8 Å². The highest BCUT2D eigenvalue weighted by molar-refractivity contribution is 7.92. The van der Waals surface area contributed by atoms with E-state index in [1.165, 1.54) is 12.1 Å². The Balaban J connectivity index is 1.60. The highest BCUT2D eigenvalue weighted by atomic mass is 35.5. The lowest BCUT2D eigenvalue weighted by molar-refractivity contribution is -0.123. The first-order valence-corrected chi connectivity index (χ1v) is 11.5. The van der Waals surface area contributed by atoms with Gasteiger partial charge in [-0.15, -0.1) is 0 Å². The summed E-state index contributed by atoms with van der Waals surface area (Å²) in [7, 11) is -3.73. The summed E-state index contributed by atoms with van der Waals surface area (Å²) in [5.74, 6) is 0.150. The molecule has 0 saturated heterocycles. The van der Waals surface area contributed by atoms with Crippen LogP contribution in [-0.2, 0) is 14.8 Å². The van der Waals surface area contributed by atoms with Crippen molar-refractivity contribution in [2.45, 2.75) is 24.8 Å². The van der Waals surface area contributed by atoms with E-state index in [4.69, 9.17) is 16.3 Å². The van der Waals surface area contributed by atoms with Gasteiger partial charge < -0.3 is 10.1 Å². The molecular weight excluding hydrogens is 436 g/mol. The summed E-state index contributed by atoms with van der Waals surface area (Å²) >= 11 is 5.89. The first kappa shape index (κ1) is 22.7. The summed E-state index contributed by atoms with van der Waals surface area (Å²) in [4.78, 5) is 12.4. The van der Waals surface area contributed by atoms with Crippen LogP contribution in [0, 0.1) is 6.92 Å². The van der Waals surface area contributed by atoms with Gasteiger partial charge in [0.1, 0.15) is 5.75 Å². The van der Waals surface area contributed by atoms with Gasteiger partial charge in [-0.3, -0.25) is 9.52 Å². The molecule has 0 spiro atoms. The van der Waals surface area contributed by atoms with E-state index in [1.54, 1.807) is 55.5 Å². The molecule has 0 aliphatic heterocycles. The lowest BCUT2D eigenvalue weighted by Crippen LogP contribution is -2.31. The number of anilines is 1. The van der Waals surface area contributed by atoms with Gasteiger partial charge in [0.15, 0.2) is 6.61 Å². The lowest BCUT2D eigenvalue weighted by Gasteiger charge is -2.16. The normalized spacial score (nSPS) is 12.1. The molecule has 31 heavy (non-hydrogen) atoms. The monoisotopic (exact) mass is 458 g/mol. The van der Waals surface area contributed by atoms with E-state index >= 15 is 0 Å². The SMILES string of the molecule is Cc1cc(S(=O)(=O)Nc2ccccc2)ccc1OCC(=O)N[C@H](C)c1ccc(Cl)cc1. The Morgan fingerprint density at radius 3 is 2.35 bits per heavy atom. The Labute approximate surface area is 187 Å². The number of hydrogen-bond donors (Lipinski definition) is 2. The molecular formula is C23H23ClN2O4S. The van der Waals surface area contributed by atoms with Gasteiger partial charge >= 0.3 is 0 Å². The highest BCUT2D eigenvalue weighted by Crippen LogP contribution is 2.24. The zero-order valence-electron chi connectivity index (χ0n) is 17.1. The number of nitrogens with one attached hydrogen (secondary N) is 2. The Kier molecular flexibility index (Phi) is 7.20. The van der Waals surface area contributed by atoms with Crippen molar-refractivity contribution >= 4 is 33.2 Å². The zero-order chi connectivity index (χ0) is 22.4. The third-order valence-corrected chi connectivity index (χ3v) is 6.22. The first-order chi connectivity index (χ1) is 14.7. The van der Waals surface area contributed by atoms with Crippen LogP contribution in [0.15, 0.2) is 77.7 Å². The van der Waals surface area contributed by atoms with Crippen molar-refractivity contribution in [2.75, 3.05) is 11.3 Å². The molecule has 0 heterocycles. The fourth-order valence-electron chi connectivity index (χ4n) is 2.93. The van der Waals surface area contributed by atoms with Gasteiger partial charge in [0, 0.05) is 10.7 Å². The number of halogens is 1. The van der Waals surface area contributed by atoms with Crippen molar-refractivity contribution in [2.24, 2.45) is 0 Å². The number of hydrogen-bond acceptors (Lipinski definition) is 4. The van der Waals surface area contributed by atoms with Crippen molar-refractivity contribution in [1.82, 2.24) is 5.32 Å². The number of aryl methyl sites for hydroxylation is 1. The Bertz CT molecular complexity index is 1150. The van der Waals surface area contributed by atoms with E-state index in [-0.39, 0.29) is 23.5 Å². The summed E-state index contributed by atoms with van der Waals surface area (Å²) in [6.45, 7) is 3.41. The van der Waals surface area contributed by atoms with Gasteiger partial charge in [0.25, 0.3) is 15.9 Å². The van der Waals surface area contributed by atoms with Crippen LogP contribution >= 0.6 is 11.6 Å². The van der Waals surface area contributed by atoms with E-state index in [9.17, 15) is 13.2 Å². The predicted molar refractivity (Wildman–Crippen MR) is 122 cm³/mol. The molecule has 3 aromatic carbocycles. The summed E-state index contributed by atoms with van der Waals surface area (Å²) < 4.78 is 33.3. The van der Waals surface area contributed by atoms with Gasteiger partial charge in [-0.25, -0.2) is 8.42 Å². The number of ether oxygens (including phenoxy) is 1. The second kappa shape index (κ2) is 9.85. The second-order valence-corrected chi connectivity index (χ2v) is 9.15. The maximum atomic E-state index is 12.6. The molecule has 2 N–H and O–H groups in total. The largest absolute Gasteiger partial charge is 0.484 e. The second-order valence-electron chi connectivity index (χ2n) is 7.03. The molecule has 0 bridgehead atoms. The van der Waals surface area contributed by atoms with E-state index in [1.807, 2.05) is 19.1 Å². The number of carbonyl (C=O) groups is 1. The van der Waals surface area contributed by atoms with E-state index < -0.39 is 10.0 Å². The fraction of sp³-hybridized carbons (Fsp3) is 0.174. The van der Waals surface area contributed by atoms with E-state index in [0.717, 1.165) is 5.56 Å². The Morgan fingerprint density at radius 2 is 1.71 bits per heavy atom. The minimum atomic E-state index is -3.73. The number of carbonyl (C=O) groups excluding carboxylic acids is 1. The third-order valence-electron chi connectivity index (χ3n) is 4.59. The number of benzene rings is 3. The minimum absolute atomic E-state index is 0.113. The molecule has 1 amide bonds. The third kappa shape index (κ3) is 6.23. The molecule has 1 atom stereocenters. The number of amides is 1. The van der Waals surface area contributed by atoms with Crippen LogP contribution in [0.5, 0.6) is 5.75 Å². The average molecular weight is 459 g/mol. The molecule has 0 aromatic heterocycles. The average Bonchev–Trinajstić information content (AvgIpc) is 2.73. The van der Waals surface area contributed by atoms with E-state index in [2.05, 4.69) is 10.0 Å². The molecule has 0 radical (unpaired) electrons. The molecule has 0 fully saturated rings. The van der Waals surface area contributed by atoms with Crippen molar-refractivity contribution in [3.63, 3.8) is 0 Å². The van der Waals surface area contributed by atoms with Crippen molar-refractivity contribution in [3.05, 3.63) is 88.9 Å². The number of rotatable bonds is 8. The van der Waals surface area contributed by atoms with E-state index in [0.29, 0.717) is 22.0 Å². The number of para-hydroxylation sites is 1. The van der Waals surface area contributed by atoms with Gasteiger partial charge in [0.2, 0.25) is 0 Å². The van der Waals surface area contributed by atoms with Gasteiger partial charge in [-0.05, 0) is 67.4 Å². The number of sulfonamides is 1. The quantitative estimate of drug-likeness (QED) is 0.512. The fourth-order valence-corrected chi connectivity index (χ4v) is 4.20. The highest BCUT2D eigenvalue weighted by Gasteiger charge is 2.16. The molecule has 0 unspecified atom stereocenters. The Hall–Kier alpha value is -3.03. The molecule has 3 rings (SSSR count). The van der Waals surface area contributed by atoms with Crippen LogP contribution in [0.1, 0.15) is 24.1 Å². The van der Waals surface area contributed by atoms with Gasteiger partial charge in [0.05, 0.1) is 10.9 Å². The van der Waals surface area contributed by atoms with Gasteiger partial charge in [-0.2, -0.15) is 0 Å². The molecule has 0 aliphatic rings. The zero-order valence-corrected chi connectivity index (χ0v) is 18.7. The topological polar surface area (TPSA) is 84.5 Å². The Morgan fingerprint density at radius 1 is 1.03 bits per heavy atom. The molecule has 162 valence electrons.